The van der Waals surface area contributed by atoms with Crippen LogP contribution in [0.4, 0.5) is 0 Å². The molecular formula is C15H25N3O. The number of nitrogens with zero attached hydrogens (tertiary/aromatic N) is 2. The number of hydrogen-bond donors (Lipinski definition) is 1. The van der Waals surface area contributed by atoms with Crippen LogP contribution in [0.1, 0.15) is 32.1 Å². The van der Waals surface area contributed by atoms with Crippen molar-refractivity contribution in [3.8, 4) is 12.3 Å². The largest absolute Gasteiger partial charge is 0.340 e. The molecule has 0 unspecified atom stereocenters. The molecule has 19 heavy (non-hydrogen) atoms. The van der Waals surface area contributed by atoms with Crippen LogP contribution < -0.4 is 5.73 Å². The van der Waals surface area contributed by atoms with Gasteiger partial charge in [0.15, 0.2) is 0 Å². The van der Waals surface area contributed by atoms with Crippen LogP contribution >= 0.6 is 0 Å². The van der Waals surface area contributed by atoms with Crippen molar-refractivity contribution < 1.29 is 4.79 Å². The summed E-state index contributed by atoms with van der Waals surface area (Å²) in [5.41, 5.74) is 5.67. The Morgan fingerprint density at radius 3 is 2.32 bits per heavy atom. The maximum Gasteiger partial charge on any atom is 0.230 e. The molecule has 106 valence electrons. The van der Waals surface area contributed by atoms with E-state index in [1.807, 2.05) is 4.90 Å². The predicted octanol–water partition coefficient (Wildman–Crippen LogP) is 0.673. The second kappa shape index (κ2) is 6.40. The standard InChI is InChI=1S/C15H25N3O/c1-2-8-17-9-11-18(12-10-17)14(19)15(13-16)6-4-3-5-7-15/h1H,3-13,16H2. The molecule has 2 rings (SSSR count). The van der Waals surface area contributed by atoms with Gasteiger partial charge in [-0.1, -0.05) is 25.2 Å². The van der Waals surface area contributed by atoms with Gasteiger partial charge < -0.3 is 10.6 Å². The van der Waals surface area contributed by atoms with E-state index < -0.39 is 0 Å². The SMILES string of the molecule is C#CCN1CCN(C(=O)C2(CN)CCCCC2)CC1. The van der Waals surface area contributed by atoms with E-state index in [4.69, 9.17) is 12.2 Å². The number of amides is 1. The maximum atomic E-state index is 12.8. The highest BCUT2D eigenvalue weighted by Gasteiger charge is 2.41. The van der Waals surface area contributed by atoms with Gasteiger partial charge in [0.2, 0.25) is 5.91 Å². The van der Waals surface area contributed by atoms with Crippen LogP contribution in [0.5, 0.6) is 0 Å². The number of carbonyl (C=O) groups is 1. The van der Waals surface area contributed by atoms with Gasteiger partial charge in [0.1, 0.15) is 0 Å². The van der Waals surface area contributed by atoms with E-state index in [1.165, 1.54) is 6.42 Å². The molecule has 0 aromatic carbocycles. The van der Waals surface area contributed by atoms with E-state index in [0.29, 0.717) is 13.1 Å². The summed E-state index contributed by atoms with van der Waals surface area (Å²) >= 11 is 0. The highest BCUT2D eigenvalue weighted by Crippen LogP contribution is 2.37. The topological polar surface area (TPSA) is 49.6 Å². The van der Waals surface area contributed by atoms with Gasteiger partial charge in [-0.25, -0.2) is 0 Å². The van der Waals surface area contributed by atoms with E-state index in [2.05, 4.69) is 10.8 Å². The first-order chi connectivity index (χ1) is 9.22. The molecule has 1 aliphatic carbocycles. The second-order valence-corrected chi connectivity index (χ2v) is 5.82. The molecule has 2 N–H and O–H groups in total. The van der Waals surface area contributed by atoms with Crippen molar-refractivity contribution in [1.82, 2.24) is 9.80 Å². The lowest BCUT2D eigenvalue weighted by Crippen LogP contribution is -2.55. The fourth-order valence-corrected chi connectivity index (χ4v) is 3.31. The van der Waals surface area contributed by atoms with Crippen LogP contribution in [-0.4, -0.2) is 55.0 Å². The monoisotopic (exact) mass is 263 g/mol. The molecule has 0 atom stereocenters. The van der Waals surface area contributed by atoms with Crippen molar-refractivity contribution >= 4 is 5.91 Å². The quantitative estimate of drug-likeness (QED) is 0.762. The third-order valence-corrected chi connectivity index (χ3v) is 4.63. The highest BCUT2D eigenvalue weighted by molar-refractivity contribution is 5.83. The van der Waals surface area contributed by atoms with Crippen LogP contribution in [0.2, 0.25) is 0 Å². The first kappa shape index (κ1) is 14.4. The Hall–Kier alpha value is -1.05. The molecule has 1 saturated heterocycles. The molecule has 0 bridgehead atoms. The Morgan fingerprint density at radius 1 is 1.16 bits per heavy atom. The minimum atomic E-state index is -0.271. The summed E-state index contributed by atoms with van der Waals surface area (Å²) in [6.45, 7) is 4.54. The number of piperazine rings is 1. The fourth-order valence-electron chi connectivity index (χ4n) is 3.31. The smallest absolute Gasteiger partial charge is 0.230 e. The minimum absolute atomic E-state index is 0.271. The number of nitrogens with two attached hydrogens (primary N) is 1. The molecular weight excluding hydrogens is 238 g/mol. The zero-order chi connectivity index (χ0) is 13.7. The van der Waals surface area contributed by atoms with Crippen LogP contribution in [-0.2, 0) is 4.79 Å². The molecule has 1 amide bonds. The molecule has 1 aliphatic heterocycles. The second-order valence-electron chi connectivity index (χ2n) is 5.82. The first-order valence-electron chi connectivity index (χ1n) is 7.37. The number of rotatable bonds is 3. The highest BCUT2D eigenvalue weighted by atomic mass is 16.2. The lowest BCUT2D eigenvalue weighted by atomic mass is 9.73. The predicted molar refractivity (Wildman–Crippen MR) is 76.4 cm³/mol. The lowest BCUT2D eigenvalue weighted by Gasteiger charge is -2.42. The van der Waals surface area contributed by atoms with Gasteiger partial charge in [0, 0.05) is 32.7 Å². The van der Waals surface area contributed by atoms with Gasteiger partial charge in [0.05, 0.1) is 12.0 Å². The van der Waals surface area contributed by atoms with Gasteiger partial charge in [-0.15, -0.1) is 6.42 Å². The van der Waals surface area contributed by atoms with Crippen molar-refractivity contribution in [3.05, 3.63) is 0 Å². The van der Waals surface area contributed by atoms with Gasteiger partial charge in [-0.3, -0.25) is 9.69 Å². The van der Waals surface area contributed by atoms with Crippen LogP contribution in [0.25, 0.3) is 0 Å². The molecule has 2 aliphatic rings. The Balaban J connectivity index is 1.94. The number of terminal acetylenes is 1. The average Bonchev–Trinajstić information content (AvgIpc) is 2.48. The summed E-state index contributed by atoms with van der Waals surface area (Å²) in [5.74, 6) is 2.95. The van der Waals surface area contributed by atoms with Crippen molar-refractivity contribution in [2.75, 3.05) is 39.3 Å². The molecule has 0 spiro atoms. The summed E-state index contributed by atoms with van der Waals surface area (Å²) < 4.78 is 0. The van der Waals surface area contributed by atoms with Crippen molar-refractivity contribution in [3.63, 3.8) is 0 Å². The Labute approximate surface area is 116 Å². The molecule has 4 nitrogen and oxygen atoms in total. The summed E-state index contributed by atoms with van der Waals surface area (Å²) in [4.78, 5) is 17.0. The minimum Gasteiger partial charge on any atom is -0.340 e. The Kier molecular flexibility index (Phi) is 4.84. The summed E-state index contributed by atoms with van der Waals surface area (Å²) in [5, 5.41) is 0. The average molecular weight is 263 g/mol. The Morgan fingerprint density at radius 2 is 1.79 bits per heavy atom. The van der Waals surface area contributed by atoms with E-state index in [9.17, 15) is 4.79 Å². The fraction of sp³-hybridized carbons (Fsp3) is 0.800. The molecule has 1 saturated carbocycles. The number of carbonyl (C=O) groups excluding carboxylic acids is 1. The molecule has 0 aromatic heterocycles. The van der Waals surface area contributed by atoms with Gasteiger partial charge in [0.25, 0.3) is 0 Å². The van der Waals surface area contributed by atoms with Gasteiger partial charge in [-0.05, 0) is 12.8 Å². The van der Waals surface area contributed by atoms with E-state index in [1.54, 1.807) is 0 Å². The van der Waals surface area contributed by atoms with Crippen molar-refractivity contribution in [2.45, 2.75) is 32.1 Å². The third kappa shape index (κ3) is 3.10. The van der Waals surface area contributed by atoms with Crippen molar-refractivity contribution in [2.24, 2.45) is 11.1 Å². The van der Waals surface area contributed by atoms with Crippen LogP contribution in [0.3, 0.4) is 0 Å². The molecule has 1 heterocycles. The first-order valence-corrected chi connectivity index (χ1v) is 7.37. The van der Waals surface area contributed by atoms with E-state index in [0.717, 1.165) is 51.9 Å². The zero-order valence-electron chi connectivity index (χ0n) is 11.7. The van der Waals surface area contributed by atoms with Gasteiger partial charge >= 0.3 is 0 Å². The zero-order valence-corrected chi connectivity index (χ0v) is 11.7. The van der Waals surface area contributed by atoms with Crippen molar-refractivity contribution in [1.29, 1.82) is 0 Å². The maximum absolute atomic E-state index is 12.8. The molecule has 2 fully saturated rings. The summed E-state index contributed by atoms with van der Waals surface area (Å²) in [7, 11) is 0. The summed E-state index contributed by atoms with van der Waals surface area (Å²) in [6.07, 6.45) is 10.8. The van der Waals surface area contributed by atoms with Gasteiger partial charge in [-0.2, -0.15) is 0 Å². The lowest BCUT2D eigenvalue weighted by molar-refractivity contribution is -0.145. The number of hydrogen-bond acceptors (Lipinski definition) is 3. The molecule has 0 radical (unpaired) electrons. The third-order valence-electron chi connectivity index (χ3n) is 4.63. The van der Waals surface area contributed by atoms with Crippen LogP contribution in [0, 0.1) is 17.8 Å². The molecule has 4 heteroatoms. The van der Waals surface area contributed by atoms with E-state index in [-0.39, 0.29) is 11.3 Å². The van der Waals surface area contributed by atoms with Crippen LogP contribution in [0.15, 0.2) is 0 Å². The summed E-state index contributed by atoms with van der Waals surface area (Å²) in [6, 6.07) is 0. The Bertz CT molecular complexity index is 347. The van der Waals surface area contributed by atoms with E-state index >= 15 is 0 Å². The molecule has 0 aromatic rings. The normalized spacial score (nSPS) is 23.9.